The lowest BCUT2D eigenvalue weighted by atomic mass is 9.81. The third-order valence-electron chi connectivity index (χ3n) is 6.71. The second-order valence-corrected chi connectivity index (χ2v) is 8.46. The molecule has 1 aromatic heterocycles. The Morgan fingerprint density at radius 2 is 2.07 bits per heavy atom. The van der Waals surface area contributed by atoms with Gasteiger partial charge in [0.1, 0.15) is 0 Å². The molecule has 29 heavy (non-hydrogen) atoms. The Kier molecular flexibility index (Phi) is 5.25. The predicted molar refractivity (Wildman–Crippen MR) is 113 cm³/mol. The van der Waals surface area contributed by atoms with E-state index >= 15 is 0 Å². The Morgan fingerprint density at radius 3 is 2.90 bits per heavy atom. The van der Waals surface area contributed by atoms with Crippen LogP contribution in [0, 0.1) is 5.92 Å². The molecule has 0 amide bonds. The fourth-order valence-electron chi connectivity index (χ4n) is 5.05. The number of aliphatic hydroxyl groups is 1. The van der Waals surface area contributed by atoms with Gasteiger partial charge < -0.3 is 19.7 Å². The largest absolute Gasteiger partial charge is 0.393 e. The van der Waals surface area contributed by atoms with E-state index in [0.717, 1.165) is 44.3 Å². The summed E-state index contributed by atoms with van der Waals surface area (Å²) < 4.78 is 8.35. The second-order valence-electron chi connectivity index (χ2n) is 8.46. The van der Waals surface area contributed by atoms with Gasteiger partial charge in [-0.2, -0.15) is 0 Å². The van der Waals surface area contributed by atoms with Gasteiger partial charge in [0.25, 0.3) is 0 Å². The molecule has 2 atom stereocenters. The van der Waals surface area contributed by atoms with Crippen LogP contribution in [0.15, 0.2) is 60.7 Å². The molecule has 2 N–H and O–H groups in total. The van der Waals surface area contributed by atoms with Crippen molar-refractivity contribution in [3.05, 3.63) is 66.3 Å². The van der Waals surface area contributed by atoms with E-state index in [0.29, 0.717) is 18.6 Å². The van der Waals surface area contributed by atoms with Crippen molar-refractivity contribution >= 4 is 0 Å². The normalized spacial score (nSPS) is 26.4. The molecule has 3 aliphatic rings. The average molecular weight is 392 g/mol. The van der Waals surface area contributed by atoms with Gasteiger partial charge in [-0.3, -0.25) is 0 Å². The van der Waals surface area contributed by atoms with Gasteiger partial charge in [-0.25, -0.2) is 4.98 Å². The maximum Gasteiger partial charge on any atom is 0.0956 e. The monoisotopic (exact) mass is 391 g/mol. The summed E-state index contributed by atoms with van der Waals surface area (Å²) >= 11 is 0. The zero-order chi connectivity index (χ0) is 19.6. The number of dihydropyridines is 1. The second kappa shape index (κ2) is 8.17. The molecule has 3 heterocycles. The van der Waals surface area contributed by atoms with Gasteiger partial charge in [-0.05, 0) is 61.4 Å². The first-order valence-electron chi connectivity index (χ1n) is 10.8. The van der Waals surface area contributed by atoms with E-state index in [-0.39, 0.29) is 12.1 Å². The molecular formula is C24H29N3O2. The van der Waals surface area contributed by atoms with Crippen LogP contribution in [0.2, 0.25) is 0 Å². The van der Waals surface area contributed by atoms with Crippen LogP contribution >= 0.6 is 0 Å². The number of aliphatic hydroxyl groups excluding tert-OH is 1. The fourth-order valence-corrected chi connectivity index (χ4v) is 5.05. The Morgan fingerprint density at radius 1 is 1.21 bits per heavy atom. The van der Waals surface area contributed by atoms with Crippen LogP contribution in [0.3, 0.4) is 0 Å². The van der Waals surface area contributed by atoms with Gasteiger partial charge in [0, 0.05) is 12.1 Å². The lowest BCUT2D eigenvalue weighted by Gasteiger charge is -2.33. The van der Waals surface area contributed by atoms with Crippen molar-refractivity contribution in [2.45, 2.75) is 50.4 Å². The predicted octanol–water partition coefficient (Wildman–Crippen LogP) is 3.82. The maximum atomic E-state index is 11.0. The quantitative estimate of drug-likeness (QED) is 0.786. The van der Waals surface area contributed by atoms with Crippen molar-refractivity contribution < 1.29 is 9.84 Å². The van der Waals surface area contributed by atoms with E-state index in [1.54, 1.807) is 0 Å². The van der Waals surface area contributed by atoms with E-state index in [2.05, 4.69) is 51.3 Å². The van der Waals surface area contributed by atoms with Crippen molar-refractivity contribution in [3.8, 4) is 11.3 Å². The van der Waals surface area contributed by atoms with E-state index < -0.39 is 0 Å². The highest BCUT2D eigenvalue weighted by molar-refractivity contribution is 5.68. The van der Waals surface area contributed by atoms with Crippen LogP contribution < -0.4 is 5.32 Å². The Labute approximate surface area is 172 Å². The summed E-state index contributed by atoms with van der Waals surface area (Å²) in [7, 11) is 0. The van der Waals surface area contributed by atoms with E-state index in [1.165, 1.54) is 16.7 Å². The highest BCUT2D eigenvalue weighted by Gasteiger charge is 2.33. The van der Waals surface area contributed by atoms with E-state index in [4.69, 9.17) is 4.74 Å². The summed E-state index contributed by atoms with van der Waals surface area (Å²) in [6.45, 7) is 1.58. The molecule has 2 aromatic rings. The summed E-state index contributed by atoms with van der Waals surface area (Å²) in [4.78, 5) is 4.33. The summed E-state index contributed by atoms with van der Waals surface area (Å²) in [6, 6.07) is 8.70. The topological polar surface area (TPSA) is 59.3 Å². The highest BCUT2D eigenvalue weighted by Crippen LogP contribution is 2.42. The number of nitrogens with zero attached hydrogens (tertiary/aromatic N) is 2. The Hall–Kier alpha value is -2.37. The summed E-state index contributed by atoms with van der Waals surface area (Å²) in [5.41, 5.74) is 4.97. The standard InChI is InChI=1S/C24H29N3O2/c28-24(13-22-20-3-1-2-4-21(20)23-14-26-16-27(22)23)18-5-7-19(8-6-18)29-15-17-9-11-25-12-10-17/h1-4,9-11,14,16,18-19,22,24-25,28H,5-8,12-13,15H2. The zero-order valence-electron chi connectivity index (χ0n) is 16.7. The molecule has 2 aliphatic heterocycles. The lowest BCUT2D eigenvalue weighted by Crippen LogP contribution is -2.31. The minimum atomic E-state index is -0.294. The van der Waals surface area contributed by atoms with Crippen LogP contribution in [-0.4, -0.2) is 40.0 Å². The highest BCUT2D eigenvalue weighted by atomic mass is 16.5. The van der Waals surface area contributed by atoms with Crippen molar-refractivity contribution in [3.63, 3.8) is 0 Å². The van der Waals surface area contributed by atoms with Gasteiger partial charge >= 0.3 is 0 Å². The van der Waals surface area contributed by atoms with Crippen LogP contribution in [-0.2, 0) is 4.74 Å². The van der Waals surface area contributed by atoms with Crippen molar-refractivity contribution in [1.82, 2.24) is 14.9 Å². The molecule has 1 fully saturated rings. The number of imidazole rings is 1. The van der Waals surface area contributed by atoms with Gasteiger partial charge in [-0.15, -0.1) is 0 Å². The molecule has 0 radical (unpaired) electrons. The molecule has 1 saturated carbocycles. The summed E-state index contributed by atoms with van der Waals surface area (Å²) in [5, 5.41) is 14.2. The number of aromatic nitrogens is 2. The molecule has 0 bridgehead atoms. The third kappa shape index (κ3) is 3.77. The van der Waals surface area contributed by atoms with E-state index in [9.17, 15) is 5.11 Å². The van der Waals surface area contributed by atoms with Gasteiger partial charge in [0.15, 0.2) is 0 Å². The van der Waals surface area contributed by atoms with Crippen LogP contribution in [0.5, 0.6) is 0 Å². The number of ether oxygens (including phenoxy) is 1. The van der Waals surface area contributed by atoms with Gasteiger partial charge in [0.05, 0.1) is 43.1 Å². The number of benzene rings is 1. The zero-order valence-corrected chi connectivity index (χ0v) is 16.7. The fraction of sp³-hybridized carbons (Fsp3) is 0.458. The van der Waals surface area contributed by atoms with Gasteiger partial charge in [-0.1, -0.05) is 30.3 Å². The smallest absolute Gasteiger partial charge is 0.0956 e. The average Bonchev–Trinajstić information content (AvgIpc) is 3.36. The molecule has 2 unspecified atom stereocenters. The Balaban J connectivity index is 1.16. The molecule has 152 valence electrons. The van der Waals surface area contributed by atoms with Crippen LogP contribution in [0.4, 0.5) is 0 Å². The number of hydrogen-bond acceptors (Lipinski definition) is 4. The molecule has 5 nitrogen and oxygen atoms in total. The van der Waals surface area contributed by atoms with Crippen molar-refractivity contribution in [1.29, 1.82) is 0 Å². The van der Waals surface area contributed by atoms with Crippen LogP contribution in [0.25, 0.3) is 11.3 Å². The first-order chi connectivity index (χ1) is 14.3. The van der Waals surface area contributed by atoms with Crippen molar-refractivity contribution in [2.24, 2.45) is 5.92 Å². The summed E-state index contributed by atoms with van der Waals surface area (Å²) in [5.74, 6) is 0.354. The summed E-state index contributed by atoms with van der Waals surface area (Å²) in [6.07, 6.45) is 15.0. The molecule has 0 spiro atoms. The molecule has 5 rings (SSSR count). The number of rotatable bonds is 6. The van der Waals surface area contributed by atoms with Gasteiger partial charge in [0.2, 0.25) is 0 Å². The minimum absolute atomic E-state index is 0.186. The molecule has 0 saturated heterocycles. The number of hydrogen-bond donors (Lipinski definition) is 2. The van der Waals surface area contributed by atoms with Crippen LogP contribution in [0.1, 0.15) is 43.7 Å². The third-order valence-corrected chi connectivity index (χ3v) is 6.71. The lowest BCUT2D eigenvalue weighted by molar-refractivity contribution is 0.000127. The number of fused-ring (bicyclic) bond motifs is 3. The number of nitrogens with one attached hydrogen (secondary N) is 1. The molecule has 5 heteroatoms. The first kappa shape index (κ1) is 18.6. The minimum Gasteiger partial charge on any atom is -0.393 e. The first-order valence-corrected chi connectivity index (χ1v) is 10.8. The molecule has 1 aliphatic carbocycles. The van der Waals surface area contributed by atoms with E-state index in [1.807, 2.05) is 18.7 Å². The molecular weight excluding hydrogens is 362 g/mol. The SMILES string of the molecule is OC(CC1c2ccccc2-c2cncn21)C1CCC(OCC2=CCNC=C2)CC1. The maximum absolute atomic E-state index is 11.0. The molecule has 1 aromatic carbocycles. The Bertz CT molecular complexity index is 908. The van der Waals surface area contributed by atoms with Crippen molar-refractivity contribution in [2.75, 3.05) is 13.2 Å².